The predicted molar refractivity (Wildman–Crippen MR) is 127 cm³/mol. The Morgan fingerprint density at radius 2 is 1.94 bits per heavy atom. The van der Waals surface area contributed by atoms with Gasteiger partial charge in [0.1, 0.15) is 11.6 Å². The summed E-state index contributed by atoms with van der Waals surface area (Å²) in [5.74, 6) is 1.78. The molecule has 0 amide bonds. The molecular weight excluding hydrogens is 437 g/mol. The fourth-order valence-electron chi connectivity index (χ4n) is 4.70. The number of aromatic nitrogens is 2. The number of nitrogens with zero attached hydrogens (tertiary/aromatic N) is 3. The molecule has 2 fully saturated rings. The van der Waals surface area contributed by atoms with Crippen molar-refractivity contribution >= 4 is 11.8 Å². The zero-order valence-corrected chi connectivity index (χ0v) is 20.3. The van der Waals surface area contributed by atoms with Gasteiger partial charge in [-0.25, -0.2) is 4.39 Å². The molecule has 2 aromatic rings. The number of carbonyl (C=O) groups excluding carboxylic acids is 1. The number of rotatable bonds is 10. The second-order valence-corrected chi connectivity index (χ2v) is 9.84. The lowest BCUT2D eigenvalue weighted by Crippen LogP contribution is -2.34. The molecule has 186 valence electrons. The van der Waals surface area contributed by atoms with Crippen LogP contribution < -0.4 is 9.64 Å². The highest BCUT2D eigenvalue weighted by Crippen LogP contribution is 2.27. The highest BCUT2D eigenvalue weighted by molar-refractivity contribution is 5.96. The first-order chi connectivity index (χ1) is 16.5. The van der Waals surface area contributed by atoms with Crippen molar-refractivity contribution in [2.45, 2.75) is 64.7 Å². The van der Waals surface area contributed by atoms with Crippen molar-refractivity contribution in [2.75, 3.05) is 37.8 Å². The van der Waals surface area contributed by atoms with E-state index in [2.05, 4.69) is 28.9 Å². The third kappa shape index (κ3) is 6.56. The van der Waals surface area contributed by atoms with Crippen LogP contribution in [0.3, 0.4) is 0 Å². The van der Waals surface area contributed by atoms with Gasteiger partial charge >= 0.3 is 6.01 Å². The summed E-state index contributed by atoms with van der Waals surface area (Å²) < 4.78 is 31.0. The van der Waals surface area contributed by atoms with Crippen LogP contribution in [0.15, 0.2) is 22.7 Å². The largest absolute Gasteiger partial charge is 0.493 e. The van der Waals surface area contributed by atoms with Gasteiger partial charge in [0.15, 0.2) is 11.6 Å². The van der Waals surface area contributed by atoms with Crippen LogP contribution >= 0.6 is 0 Å². The quantitative estimate of drug-likeness (QED) is 0.337. The smallest absolute Gasteiger partial charge is 0.324 e. The average Bonchev–Trinajstić information content (AvgIpc) is 3.34. The molecule has 0 bridgehead atoms. The Kier molecular flexibility index (Phi) is 8.53. The molecule has 0 radical (unpaired) electrons. The standard InChI is InChI=1S/C26H36FN3O4/c1-18(2)25-28-26(34-29-25)30-11-7-19(8-12-30)4-3-13-33-21-5-6-22(23(27)17-21)24(31)16-20-9-14-32-15-10-20/h5-6,17-20H,3-4,7-16H2,1-2H3. The van der Waals surface area contributed by atoms with Gasteiger partial charge in [-0.2, -0.15) is 4.98 Å². The van der Waals surface area contributed by atoms with Crippen LogP contribution in [0.5, 0.6) is 5.75 Å². The Morgan fingerprint density at radius 3 is 2.62 bits per heavy atom. The Labute approximate surface area is 201 Å². The molecular formula is C26H36FN3O4. The van der Waals surface area contributed by atoms with E-state index in [0.29, 0.717) is 43.9 Å². The minimum absolute atomic E-state index is 0.136. The van der Waals surface area contributed by atoms with E-state index < -0.39 is 5.82 Å². The van der Waals surface area contributed by atoms with Crippen LogP contribution in [-0.2, 0) is 4.74 Å². The first-order valence-electron chi connectivity index (χ1n) is 12.6. The summed E-state index contributed by atoms with van der Waals surface area (Å²) in [5, 5.41) is 4.05. The van der Waals surface area contributed by atoms with E-state index in [1.54, 1.807) is 12.1 Å². The maximum Gasteiger partial charge on any atom is 0.324 e. The Morgan fingerprint density at radius 1 is 1.18 bits per heavy atom. The summed E-state index contributed by atoms with van der Waals surface area (Å²) in [4.78, 5) is 19.1. The van der Waals surface area contributed by atoms with Gasteiger partial charge in [-0.15, -0.1) is 0 Å². The summed E-state index contributed by atoms with van der Waals surface area (Å²) in [7, 11) is 0. The lowest BCUT2D eigenvalue weighted by Gasteiger charge is -2.30. The van der Waals surface area contributed by atoms with E-state index >= 15 is 0 Å². The number of benzene rings is 1. The number of ether oxygens (including phenoxy) is 2. The normalized spacial score (nSPS) is 17.9. The first-order valence-corrected chi connectivity index (χ1v) is 12.6. The number of Topliss-reactive ketones (excluding diaryl/α,β-unsaturated/α-hetero) is 1. The van der Waals surface area contributed by atoms with E-state index in [0.717, 1.165) is 57.4 Å². The van der Waals surface area contributed by atoms with Crippen LogP contribution in [0, 0.1) is 17.7 Å². The lowest BCUT2D eigenvalue weighted by molar-refractivity contribution is 0.0600. The van der Waals surface area contributed by atoms with Crippen molar-refractivity contribution in [3.8, 4) is 5.75 Å². The zero-order chi connectivity index (χ0) is 23.9. The topological polar surface area (TPSA) is 77.7 Å². The van der Waals surface area contributed by atoms with Crippen molar-refractivity contribution in [2.24, 2.45) is 11.8 Å². The van der Waals surface area contributed by atoms with Crippen molar-refractivity contribution in [1.82, 2.24) is 10.1 Å². The SMILES string of the molecule is CC(C)c1noc(N2CCC(CCCOc3ccc(C(=O)CC4CCOCC4)c(F)c3)CC2)n1. The number of carbonyl (C=O) groups is 1. The van der Waals surface area contributed by atoms with Gasteiger partial charge in [0.25, 0.3) is 0 Å². The summed E-state index contributed by atoms with van der Waals surface area (Å²) >= 11 is 0. The van der Waals surface area contributed by atoms with Gasteiger partial charge in [0, 0.05) is 44.7 Å². The summed E-state index contributed by atoms with van der Waals surface area (Å²) in [6.45, 7) is 7.85. The third-order valence-corrected chi connectivity index (χ3v) is 6.91. The van der Waals surface area contributed by atoms with Crippen molar-refractivity contribution < 1.29 is 23.2 Å². The van der Waals surface area contributed by atoms with Crippen molar-refractivity contribution in [3.63, 3.8) is 0 Å². The molecule has 2 saturated heterocycles. The third-order valence-electron chi connectivity index (χ3n) is 6.91. The molecule has 1 aromatic heterocycles. The van der Waals surface area contributed by atoms with Crippen LogP contribution in [-0.4, -0.2) is 48.8 Å². The van der Waals surface area contributed by atoms with Gasteiger partial charge in [0.05, 0.1) is 12.2 Å². The summed E-state index contributed by atoms with van der Waals surface area (Å²) in [6.07, 6.45) is 6.25. The van der Waals surface area contributed by atoms with E-state index in [1.807, 2.05) is 0 Å². The second kappa shape index (κ2) is 11.8. The number of piperidine rings is 1. The second-order valence-electron chi connectivity index (χ2n) is 9.84. The fourth-order valence-corrected chi connectivity index (χ4v) is 4.70. The zero-order valence-electron chi connectivity index (χ0n) is 20.3. The monoisotopic (exact) mass is 473 g/mol. The molecule has 0 saturated carbocycles. The van der Waals surface area contributed by atoms with Crippen LogP contribution in [0.2, 0.25) is 0 Å². The van der Waals surface area contributed by atoms with E-state index in [-0.39, 0.29) is 23.2 Å². The van der Waals surface area contributed by atoms with Gasteiger partial charge in [-0.1, -0.05) is 19.0 Å². The highest BCUT2D eigenvalue weighted by Gasteiger charge is 2.24. The molecule has 4 rings (SSSR count). The molecule has 1 aromatic carbocycles. The number of halogens is 1. The lowest BCUT2D eigenvalue weighted by atomic mass is 9.92. The molecule has 0 atom stereocenters. The molecule has 3 heterocycles. The Hall–Kier alpha value is -2.48. The van der Waals surface area contributed by atoms with E-state index in [1.165, 1.54) is 6.07 Å². The van der Waals surface area contributed by atoms with Crippen molar-refractivity contribution in [3.05, 3.63) is 35.4 Å². The molecule has 8 heteroatoms. The van der Waals surface area contributed by atoms with Crippen molar-refractivity contribution in [1.29, 1.82) is 0 Å². The van der Waals surface area contributed by atoms with Gasteiger partial charge in [0.2, 0.25) is 0 Å². The summed E-state index contributed by atoms with van der Waals surface area (Å²) in [5.41, 5.74) is 0.160. The van der Waals surface area contributed by atoms with E-state index in [4.69, 9.17) is 14.0 Å². The number of anilines is 1. The maximum absolute atomic E-state index is 14.5. The van der Waals surface area contributed by atoms with Crippen LogP contribution in [0.25, 0.3) is 0 Å². The van der Waals surface area contributed by atoms with Gasteiger partial charge in [-0.3, -0.25) is 4.79 Å². The first kappa shape index (κ1) is 24.6. The molecule has 2 aliphatic rings. The minimum Gasteiger partial charge on any atom is -0.493 e. The molecule has 7 nitrogen and oxygen atoms in total. The Balaban J connectivity index is 1.15. The van der Waals surface area contributed by atoms with Gasteiger partial charge in [-0.05, 0) is 62.5 Å². The van der Waals surface area contributed by atoms with Crippen LogP contribution in [0.1, 0.15) is 80.9 Å². The highest BCUT2D eigenvalue weighted by atomic mass is 19.1. The maximum atomic E-state index is 14.5. The average molecular weight is 474 g/mol. The summed E-state index contributed by atoms with van der Waals surface area (Å²) in [6, 6.07) is 5.23. The minimum atomic E-state index is -0.497. The van der Waals surface area contributed by atoms with Gasteiger partial charge < -0.3 is 18.9 Å². The number of ketones is 1. The number of hydrogen-bond acceptors (Lipinski definition) is 7. The number of hydrogen-bond donors (Lipinski definition) is 0. The molecule has 0 unspecified atom stereocenters. The molecule has 0 N–H and O–H groups in total. The fraction of sp³-hybridized carbons (Fsp3) is 0.654. The predicted octanol–water partition coefficient (Wildman–Crippen LogP) is 5.41. The van der Waals surface area contributed by atoms with Crippen LogP contribution in [0.4, 0.5) is 10.4 Å². The molecule has 0 aliphatic carbocycles. The van der Waals surface area contributed by atoms with E-state index in [9.17, 15) is 9.18 Å². The molecule has 0 spiro atoms. The molecule has 2 aliphatic heterocycles. The molecule has 34 heavy (non-hydrogen) atoms. The Bertz CT molecular complexity index is 934.